The largest absolute Gasteiger partial charge is 0.493 e. The van der Waals surface area contributed by atoms with Crippen LogP contribution in [0.4, 0.5) is 0 Å². The summed E-state index contributed by atoms with van der Waals surface area (Å²) in [5.41, 5.74) is 2.73. The van der Waals surface area contributed by atoms with Crippen molar-refractivity contribution in [1.29, 1.82) is 0 Å². The van der Waals surface area contributed by atoms with Gasteiger partial charge in [-0.2, -0.15) is 0 Å². The Morgan fingerprint density at radius 2 is 1.62 bits per heavy atom. The first-order valence-electron chi connectivity index (χ1n) is 11.8. The average molecular weight is 454 g/mol. The van der Waals surface area contributed by atoms with Gasteiger partial charge in [-0.25, -0.2) is 0 Å². The predicted molar refractivity (Wildman–Crippen MR) is 138 cm³/mol. The Bertz CT molecular complexity index is 1230. The number of aryl methyl sites for hydroxylation is 1. The second kappa shape index (κ2) is 11.4. The van der Waals surface area contributed by atoms with Gasteiger partial charge < -0.3 is 14.8 Å². The highest BCUT2D eigenvalue weighted by molar-refractivity contribution is 5.94. The van der Waals surface area contributed by atoms with E-state index in [0.29, 0.717) is 18.8 Å². The minimum atomic E-state index is -0.0879. The Labute approximate surface area is 201 Å². The molecule has 4 aromatic carbocycles. The van der Waals surface area contributed by atoms with E-state index in [-0.39, 0.29) is 11.9 Å². The second-order valence-corrected chi connectivity index (χ2v) is 8.42. The van der Waals surface area contributed by atoms with Crippen LogP contribution in [0.15, 0.2) is 91.0 Å². The maximum atomic E-state index is 12.9. The molecule has 4 nitrogen and oxygen atoms in total. The van der Waals surface area contributed by atoms with E-state index in [2.05, 4.69) is 35.6 Å². The van der Waals surface area contributed by atoms with Crippen LogP contribution in [0.2, 0.25) is 0 Å². The summed E-state index contributed by atoms with van der Waals surface area (Å²) in [5.74, 6) is 1.45. The Morgan fingerprint density at radius 3 is 2.44 bits per heavy atom. The van der Waals surface area contributed by atoms with Gasteiger partial charge in [-0.05, 0) is 61.9 Å². The van der Waals surface area contributed by atoms with Gasteiger partial charge in [-0.15, -0.1) is 0 Å². The first-order chi connectivity index (χ1) is 16.6. The summed E-state index contributed by atoms with van der Waals surface area (Å²) in [6, 6.07) is 30.1. The normalized spacial score (nSPS) is 11.7. The van der Waals surface area contributed by atoms with Crippen LogP contribution in [0, 0.1) is 0 Å². The lowest BCUT2D eigenvalue weighted by Crippen LogP contribution is -2.33. The van der Waals surface area contributed by atoms with E-state index in [1.165, 1.54) is 5.56 Å². The molecule has 0 saturated heterocycles. The van der Waals surface area contributed by atoms with Crippen LogP contribution in [0.5, 0.6) is 11.5 Å². The van der Waals surface area contributed by atoms with Crippen LogP contribution in [0.1, 0.15) is 41.8 Å². The number of carbonyl (C=O) groups excluding carboxylic acids is 1. The SMILES string of the molecule is CCOc1ccc(C(=O)NC(C)CCc2ccccc2)cc1COc1cccc2ccccc12. The van der Waals surface area contributed by atoms with Crippen LogP contribution in [-0.2, 0) is 13.0 Å². The number of amides is 1. The van der Waals surface area contributed by atoms with Crippen molar-refractivity contribution in [3.63, 3.8) is 0 Å². The van der Waals surface area contributed by atoms with Gasteiger partial charge in [-0.1, -0.05) is 66.7 Å². The Morgan fingerprint density at radius 1 is 0.853 bits per heavy atom. The number of nitrogens with one attached hydrogen (secondary N) is 1. The zero-order valence-electron chi connectivity index (χ0n) is 19.8. The topological polar surface area (TPSA) is 47.6 Å². The first-order valence-corrected chi connectivity index (χ1v) is 11.8. The fraction of sp³-hybridized carbons (Fsp3) is 0.233. The van der Waals surface area contributed by atoms with Crippen molar-refractivity contribution in [1.82, 2.24) is 5.32 Å². The molecule has 0 bridgehead atoms. The number of benzene rings is 4. The van der Waals surface area contributed by atoms with E-state index in [1.807, 2.05) is 74.5 Å². The molecule has 1 atom stereocenters. The molecular formula is C30H31NO3. The molecule has 0 aliphatic heterocycles. The minimum absolute atomic E-state index is 0.0645. The molecule has 0 spiro atoms. The summed E-state index contributed by atoms with van der Waals surface area (Å²) < 4.78 is 12.0. The maximum Gasteiger partial charge on any atom is 0.251 e. The molecule has 0 aliphatic rings. The van der Waals surface area contributed by atoms with Crippen molar-refractivity contribution in [3.05, 3.63) is 108 Å². The zero-order valence-corrected chi connectivity index (χ0v) is 19.8. The third kappa shape index (κ3) is 5.96. The van der Waals surface area contributed by atoms with Crippen molar-refractivity contribution < 1.29 is 14.3 Å². The molecule has 0 radical (unpaired) electrons. The zero-order chi connectivity index (χ0) is 23.8. The molecule has 0 aliphatic carbocycles. The second-order valence-electron chi connectivity index (χ2n) is 8.42. The fourth-order valence-electron chi connectivity index (χ4n) is 4.01. The van der Waals surface area contributed by atoms with Crippen molar-refractivity contribution in [2.45, 2.75) is 39.3 Å². The lowest BCUT2D eigenvalue weighted by atomic mass is 10.1. The van der Waals surface area contributed by atoms with Gasteiger partial charge in [0.1, 0.15) is 18.1 Å². The molecule has 4 rings (SSSR count). The van der Waals surface area contributed by atoms with E-state index in [9.17, 15) is 4.79 Å². The number of rotatable bonds is 10. The Balaban J connectivity index is 1.45. The Kier molecular flexibility index (Phi) is 7.82. The molecule has 0 aromatic heterocycles. The molecule has 0 fully saturated rings. The summed E-state index contributed by atoms with van der Waals surface area (Å²) >= 11 is 0. The van der Waals surface area contributed by atoms with Crippen LogP contribution in [-0.4, -0.2) is 18.6 Å². The van der Waals surface area contributed by atoms with Gasteiger partial charge in [0.15, 0.2) is 0 Å². The highest BCUT2D eigenvalue weighted by Crippen LogP contribution is 2.28. The minimum Gasteiger partial charge on any atom is -0.493 e. The van der Waals surface area contributed by atoms with E-state index in [4.69, 9.17) is 9.47 Å². The molecule has 174 valence electrons. The van der Waals surface area contributed by atoms with Gasteiger partial charge in [0, 0.05) is 22.6 Å². The van der Waals surface area contributed by atoms with Crippen LogP contribution < -0.4 is 14.8 Å². The first kappa shape index (κ1) is 23.4. The van der Waals surface area contributed by atoms with Crippen molar-refractivity contribution in [3.8, 4) is 11.5 Å². The van der Waals surface area contributed by atoms with Crippen LogP contribution in [0.25, 0.3) is 10.8 Å². The molecule has 34 heavy (non-hydrogen) atoms. The standard InChI is InChI=1S/C30H31NO3/c1-3-33-28-19-18-25(30(32)31-22(2)16-17-23-10-5-4-6-11-23)20-26(28)21-34-29-15-9-13-24-12-7-8-14-27(24)29/h4-15,18-20,22H,3,16-17,21H2,1-2H3,(H,31,32). The molecule has 4 aromatic rings. The quantitative estimate of drug-likeness (QED) is 0.295. The average Bonchev–Trinajstić information content (AvgIpc) is 2.87. The van der Waals surface area contributed by atoms with Crippen molar-refractivity contribution in [2.24, 2.45) is 0 Å². The smallest absolute Gasteiger partial charge is 0.251 e. The fourth-order valence-corrected chi connectivity index (χ4v) is 4.01. The third-order valence-electron chi connectivity index (χ3n) is 5.84. The molecule has 0 heterocycles. The summed E-state index contributed by atoms with van der Waals surface area (Å²) in [6.45, 7) is 4.85. The van der Waals surface area contributed by atoms with Gasteiger partial charge >= 0.3 is 0 Å². The number of hydrogen-bond acceptors (Lipinski definition) is 3. The van der Waals surface area contributed by atoms with Gasteiger partial charge in [0.25, 0.3) is 5.91 Å². The van der Waals surface area contributed by atoms with Crippen LogP contribution >= 0.6 is 0 Å². The Hall–Kier alpha value is -3.79. The third-order valence-corrected chi connectivity index (χ3v) is 5.84. The number of carbonyl (C=O) groups is 1. The van der Waals surface area contributed by atoms with Crippen LogP contribution in [0.3, 0.4) is 0 Å². The number of fused-ring (bicyclic) bond motifs is 1. The van der Waals surface area contributed by atoms with Crippen molar-refractivity contribution >= 4 is 16.7 Å². The highest BCUT2D eigenvalue weighted by Gasteiger charge is 2.14. The highest BCUT2D eigenvalue weighted by atomic mass is 16.5. The summed E-state index contributed by atoms with van der Waals surface area (Å²) in [5, 5.41) is 5.31. The summed E-state index contributed by atoms with van der Waals surface area (Å²) in [7, 11) is 0. The number of ether oxygens (including phenoxy) is 2. The van der Waals surface area contributed by atoms with Gasteiger partial charge in [0.05, 0.1) is 6.61 Å². The molecule has 4 heteroatoms. The van der Waals surface area contributed by atoms with E-state index in [1.54, 1.807) is 0 Å². The summed E-state index contributed by atoms with van der Waals surface area (Å²) in [4.78, 5) is 12.9. The lowest BCUT2D eigenvalue weighted by molar-refractivity contribution is 0.0938. The van der Waals surface area contributed by atoms with Gasteiger partial charge in [-0.3, -0.25) is 4.79 Å². The predicted octanol–water partition coefficient (Wildman–Crippen LogP) is 6.57. The van der Waals surface area contributed by atoms with E-state index < -0.39 is 0 Å². The number of hydrogen-bond donors (Lipinski definition) is 1. The van der Waals surface area contributed by atoms with Gasteiger partial charge in [0.2, 0.25) is 0 Å². The summed E-state index contributed by atoms with van der Waals surface area (Å²) in [6.07, 6.45) is 1.81. The molecule has 1 amide bonds. The van der Waals surface area contributed by atoms with Crippen molar-refractivity contribution in [2.75, 3.05) is 6.61 Å². The molecule has 0 saturated carbocycles. The lowest BCUT2D eigenvalue weighted by Gasteiger charge is -2.16. The monoisotopic (exact) mass is 453 g/mol. The van der Waals surface area contributed by atoms with E-state index in [0.717, 1.165) is 40.7 Å². The van der Waals surface area contributed by atoms with E-state index >= 15 is 0 Å². The molecule has 1 unspecified atom stereocenters. The molecule has 1 N–H and O–H groups in total. The maximum absolute atomic E-state index is 12.9. The molecular weight excluding hydrogens is 422 g/mol.